The number of carbonyl (C=O) groups excluding carboxylic acids is 2. The Morgan fingerprint density at radius 3 is 2.47 bits per heavy atom. The van der Waals surface area contributed by atoms with Crippen LogP contribution in [0, 0.1) is 0 Å². The van der Waals surface area contributed by atoms with Crippen LogP contribution in [-0.4, -0.2) is 36.8 Å². The van der Waals surface area contributed by atoms with Gasteiger partial charge in [-0.25, -0.2) is 0 Å². The molecule has 0 spiro atoms. The molecule has 0 bridgehead atoms. The average Bonchev–Trinajstić information content (AvgIpc) is 2.84. The molecule has 1 atom stereocenters. The summed E-state index contributed by atoms with van der Waals surface area (Å²) in [5.41, 5.74) is 1.52. The molecule has 1 saturated carbocycles. The van der Waals surface area contributed by atoms with Gasteiger partial charge in [-0.15, -0.1) is 11.8 Å². The Bertz CT molecular complexity index is 988. The van der Waals surface area contributed by atoms with Gasteiger partial charge in [0.1, 0.15) is 13.2 Å². The van der Waals surface area contributed by atoms with E-state index in [1.165, 1.54) is 43.9 Å². The molecule has 6 nitrogen and oxygen atoms in total. The van der Waals surface area contributed by atoms with Crippen molar-refractivity contribution in [2.75, 3.05) is 19.0 Å². The zero-order valence-corrected chi connectivity index (χ0v) is 20.6. The van der Waals surface area contributed by atoms with Crippen LogP contribution in [0.5, 0.6) is 11.5 Å². The van der Waals surface area contributed by atoms with E-state index in [0.717, 1.165) is 29.1 Å². The number of hydrogen-bond acceptors (Lipinski definition) is 5. The summed E-state index contributed by atoms with van der Waals surface area (Å²) in [7, 11) is 0. The van der Waals surface area contributed by atoms with Gasteiger partial charge >= 0.3 is 0 Å². The summed E-state index contributed by atoms with van der Waals surface area (Å²) in [6.07, 6.45) is 8.32. The van der Waals surface area contributed by atoms with Crippen LogP contribution in [0.1, 0.15) is 73.8 Å². The van der Waals surface area contributed by atoms with Gasteiger partial charge in [0, 0.05) is 10.9 Å². The summed E-state index contributed by atoms with van der Waals surface area (Å²) in [6, 6.07) is 13.3. The fourth-order valence-corrected chi connectivity index (χ4v) is 5.34. The molecule has 1 aliphatic carbocycles. The monoisotopic (exact) mass is 482 g/mol. The lowest BCUT2D eigenvalue weighted by Crippen LogP contribution is -2.36. The second-order valence-corrected chi connectivity index (χ2v) is 10.0. The minimum absolute atomic E-state index is 0.0374. The van der Waals surface area contributed by atoms with E-state index in [1.807, 2.05) is 43.3 Å². The second-order valence-electron chi connectivity index (χ2n) is 8.99. The lowest BCUT2D eigenvalue weighted by atomic mass is 9.97. The number of thioether (sulfide) groups is 1. The van der Waals surface area contributed by atoms with Gasteiger partial charge in [0.25, 0.3) is 5.91 Å². The zero-order chi connectivity index (χ0) is 23.8. The van der Waals surface area contributed by atoms with E-state index in [1.54, 1.807) is 6.07 Å². The van der Waals surface area contributed by atoms with Gasteiger partial charge in [-0.05, 0) is 49.6 Å². The molecule has 2 amide bonds. The molecule has 1 fully saturated rings. The first kappa shape index (κ1) is 24.5. The van der Waals surface area contributed by atoms with Crippen molar-refractivity contribution >= 4 is 23.6 Å². The van der Waals surface area contributed by atoms with Crippen LogP contribution in [0.25, 0.3) is 0 Å². The molecule has 2 aliphatic rings. The van der Waals surface area contributed by atoms with Crippen LogP contribution >= 0.6 is 11.8 Å². The summed E-state index contributed by atoms with van der Waals surface area (Å²) in [5, 5.41) is 6.28. The molecule has 4 rings (SSSR count). The number of rotatable bonds is 7. The van der Waals surface area contributed by atoms with Gasteiger partial charge < -0.3 is 20.1 Å². The van der Waals surface area contributed by atoms with Gasteiger partial charge in [-0.2, -0.15) is 0 Å². The summed E-state index contributed by atoms with van der Waals surface area (Å²) >= 11 is 1.41. The SMILES string of the molecule is CC(NC(=O)c1ccccc1SCC(=O)NC1CCCCCCC1)c1ccc2c(c1)OCCO2. The predicted octanol–water partition coefficient (Wildman–Crippen LogP) is 5.27. The molecule has 2 aromatic carbocycles. The van der Waals surface area contributed by atoms with Gasteiger partial charge in [0.2, 0.25) is 5.91 Å². The van der Waals surface area contributed by atoms with Crippen molar-refractivity contribution in [1.82, 2.24) is 10.6 Å². The van der Waals surface area contributed by atoms with Crippen molar-refractivity contribution < 1.29 is 19.1 Å². The maximum Gasteiger partial charge on any atom is 0.252 e. The highest BCUT2D eigenvalue weighted by molar-refractivity contribution is 8.00. The highest BCUT2D eigenvalue weighted by Crippen LogP contribution is 2.33. The number of fused-ring (bicyclic) bond motifs is 1. The van der Waals surface area contributed by atoms with Crippen molar-refractivity contribution in [3.63, 3.8) is 0 Å². The third kappa shape index (κ3) is 6.69. The van der Waals surface area contributed by atoms with Crippen molar-refractivity contribution in [3.8, 4) is 11.5 Å². The summed E-state index contributed by atoms with van der Waals surface area (Å²) in [4.78, 5) is 26.5. The molecule has 0 aromatic heterocycles. The molecule has 2 aromatic rings. The van der Waals surface area contributed by atoms with E-state index in [2.05, 4.69) is 10.6 Å². The highest BCUT2D eigenvalue weighted by atomic mass is 32.2. The minimum Gasteiger partial charge on any atom is -0.486 e. The highest BCUT2D eigenvalue weighted by Gasteiger charge is 2.19. The van der Waals surface area contributed by atoms with E-state index in [0.29, 0.717) is 30.3 Å². The quantitative estimate of drug-likeness (QED) is 0.526. The Morgan fingerprint density at radius 2 is 1.68 bits per heavy atom. The van der Waals surface area contributed by atoms with Crippen LogP contribution in [0.4, 0.5) is 0 Å². The molecular formula is C27H34N2O4S. The number of hydrogen-bond donors (Lipinski definition) is 2. The Morgan fingerprint density at radius 1 is 0.971 bits per heavy atom. The van der Waals surface area contributed by atoms with E-state index in [9.17, 15) is 9.59 Å². The molecule has 0 radical (unpaired) electrons. The van der Waals surface area contributed by atoms with Gasteiger partial charge in [0.15, 0.2) is 11.5 Å². The molecular weight excluding hydrogens is 448 g/mol. The fraction of sp³-hybridized carbons (Fsp3) is 0.481. The van der Waals surface area contributed by atoms with Gasteiger partial charge in [0.05, 0.1) is 17.4 Å². The molecule has 0 saturated heterocycles. The number of amides is 2. The van der Waals surface area contributed by atoms with Crippen LogP contribution in [0.2, 0.25) is 0 Å². The second kappa shape index (κ2) is 12.2. The van der Waals surface area contributed by atoms with E-state index < -0.39 is 0 Å². The summed E-state index contributed by atoms with van der Waals surface area (Å²) in [5.74, 6) is 1.61. The van der Waals surface area contributed by atoms with Crippen molar-refractivity contribution in [3.05, 3.63) is 53.6 Å². The first-order chi connectivity index (χ1) is 16.6. The standard InChI is InChI=1S/C27H34N2O4S/c1-19(20-13-14-23-24(17-20)33-16-15-32-23)28-27(31)22-11-7-8-12-25(22)34-18-26(30)29-21-9-5-3-2-4-6-10-21/h7-8,11-14,17,19,21H,2-6,9-10,15-16,18H2,1H3,(H,28,31)(H,29,30). The maximum atomic E-state index is 13.1. The maximum absolute atomic E-state index is 13.1. The number of nitrogens with one attached hydrogen (secondary N) is 2. The summed E-state index contributed by atoms with van der Waals surface area (Å²) < 4.78 is 11.2. The molecule has 34 heavy (non-hydrogen) atoms. The van der Waals surface area contributed by atoms with E-state index in [4.69, 9.17) is 9.47 Å². The molecule has 7 heteroatoms. The minimum atomic E-state index is -0.205. The smallest absolute Gasteiger partial charge is 0.252 e. The van der Waals surface area contributed by atoms with E-state index in [-0.39, 0.29) is 23.9 Å². The van der Waals surface area contributed by atoms with Crippen LogP contribution in [0.3, 0.4) is 0 Å². The van der Waals surface area contributed by atoms with Crippen LogP contribution in [-0.2, 0) is 4.79 Å². The molecule has 2 N–H and O–H groups in total. The van der Waals surface area contributed by atoms with Crippen molar-refractivity contribution in [1.29, 1.82) is 0 Å². The Balaban J connectivity index is 1.34. The zero-order valence-electron chi connectivity index (χ0n) is 19.8. The molecule has 1 unspecified atom stereocenters. The molecule has 1 heterocycles. The fourth-order valence-electron chi connectivity index (χ4n) is 4.48. The largest absolute Gasteiger partial charge is 0.486 e. The van der Waals surface area contributed by atoms with Crippen LogP contribution < -0.4 is 20.1 Å². The Kier molecular flexibility index (Phi) is 8.74. The van der Waals surface area contributed by atoms with Crippen molar-refractivity contribution in [2.24, 2.45) is 0 Å². The molecule has 1 aliphatic heterocycles. The van der Waals surface area contributed by atoms with Gasteiger partial charge in [-0.1, -0.05) is 50.3 Å². The third-order valence-corrected chi connectivity index (χ3v) is 7.45. The Labute approximate surface area is 206 Å². The normalized spacial score (nSPS) is 17.2. The first-order valence-electron chi connectivity index (χ1n) is 12.3. The Hall–Kier alpha value is -2.67. The number of benzene rings is 2. The average molecular weight is 483 g/mol. The topological polar surface area (TPSA) is 76.7 Å². The number of ether oxygens (including phenoxy) is 2. The van der Waals surface area contributed by atoms with E-state index >= 15 is 0 Å². The first-order valence-corrected chi connectivity index (χ1v) is 13.3. The lowest BCUT2D eigenvalue weighted by molar-refractivity contribution is -0.119. The summed E-state index contributed by atoms with van der Waals surface area (Å²) in [6.45, 7) is 3.02. The lowest BCUT2D eigenvalue weighted by Gasteiger charge is -2.21. The van der Waals surface area contributed by atoms with Crippen LogP contribution in [0.15, 0.2) is 47.4 Å². The van der Waals surface area contributed by atoms with Crippen molar-refractivity contribution in [2.45, 2.75) is 68.8 Å². The molecule has 182 valence electrons. The van der Waals surface area contributed by atoms with Gasteiger partial charge in [-0.3, -0.25) is 9.59 Å². The predicted molar refractivity (Wildman–Crippen MR) is 135 cm³/mol. The third-order valence-electron chi connectivity index (χ3n) is 6.37. The number of carbonyl (C=O) groups is 2.